The van der Waals surface area contributed by atoms with Crippen LogP contribution in [0.4, 0.5) is 0 Å². The number of hydrogen-bond donors (Lipinski definition) is 1. The van der Waals surface area contributed by atoms with Crippen LogP contribution in [0.1, 0.15) is 52.9 Å². The molecule has 3 aromatic rings. The van der Waals surface area contributed by atoms with Gasteiger partial charge in [-0.25, -0.2) is 0 Å². The smallest absolute Gasteiger partial charge is 0.116 e. The molecule has 0 N–H and O–H groups in total. The molecular formula is C18H16S4. The number of thiol groups is 1. The molecule has 0 saturated carbocycles. The summed E-state index contributed by atoms with van der Waals surface area (Å²) in [5.74, 6) is 0. The topological polar surface area (TPSA) is 0 Å². The molecule has 0 amide bonds. The highest BCUT2D eigenvalue weighted by Gasteiger charge is 2.58. The maximum Gasteiger partial charge on any atom is 0.116 e. The van der Waals surface area contributed by atoms with Crippen molar-refractivity contribution in [3.05, 3.63) is 64.2 Å². The Morgan fingerprint density at radius 1 is 0.727 bits per heavy atom. The van der Waals surface area contributed by atoms with Crippen molar-refractivity contribution in [1.29, 1.82) is 0 Å². The van der Waals surface area contributed by atoms with E-state index in [-0.39, 0.29) is 10.2 Å². The van der Waals surface area contributed by atoms with Crippen LogP contribution in [0, 0.1) is 20.8 Å². The predicted molar refractivity (Wildman–Crippen MR) is 102 cm³/mol. The van der Waals surface area contributed by atoms with Crippen molar-refractivity contribution in [2.24, 2.45) is 0 Å². The van der Waals surface area contributed by atoms with E-state index in [0.29, 0.717) is 0 Å². The second-order valence-corrected chi connectivity index (χ2v) is 11.1. The van der Waals surface area contributed by atoms with E-state index >= 15 is 0 Å². The van der Waals surface area contributed by atoms with Crippen LogP contribution in [-0.4, -0.2) is 0 Å². The largest absolute Gasteiger partial charge is 0.156 e. The summed E-state index contributed by atoms with van der Waals surface area (Å²) in [7, 11) is 0. The molecule has 0 atom stereocenters. The Hall–Kier alpha value is -0.550. The molecule has 6 rings (SSSR count). The van der Waals surface area contributed by atoms with Crippen LogP contribution in [0.25, 0.3) is 0 Å². The molecule has 3 aromatic heterocycles. The lowest BCUT2D eigenvalue weighted by Crippen LogP contribution is -2.43. The van der Waals surface area contributed by atoms with Crippen molar-refractivity contribution in [2.75, 3.05) is 0 Å². The fourth-order valence-corrected chi connectivity index (χ4v) is 8.84. The molecule has 0 nitrogen and oxygen atoms in total. The van der Waals surface area contributed by atoms with E-state index in [2.05, 4.69) is 45.9 Å². The van der Waals surface area contributed by atoms with Crippen LogP contribution in [0.3, 0.4) is 0 Å². The summed E-state index contributed by atoms with van der Waals surface area (Å²) in [6.45, 7) is 9.09. The molecule has 0 unspecified atom stereocenters. The minimum absolute atomic E-state index is 0.00472. The zero-order chi connectivity index (χ0) is 15.4. The van der Waals surface area contributed by atoms with E-state index in [4.69, 9.17) is 12.6 Å². The van der Waals surface area contributed by atoms with Gasteiger partial charge in [-0.05, 0) is 62.6 Å². The predicted octanol–water partition coefficient (Wildman–Crippen LogP) is 6.00. The Morgan fingerprint density at radius 3 is 1.36 bits per heavy atom. The second kappa shape index (κ2) is 3.92. The van der Waals surface area contributed by atoms with Crippen LogP contribution in [0.15, 0.2) is 18.2 Å². The molecule has 0 aliphatic heterocycles. The maximum atomic E-state index is 5.33. The van der Waals surface area contributed by atoms with Crippen LogP contribution >= 0.6 is 46.6 Å². The van der Waals surface area contributed by atoms with Crippen molar-refractivity contribution >= 4 is 46.6 Å². The Labute approximate surface area is 148 Å². The summed E-state index contributed by atoms with van der Waals surface area (Å²) < 4.78 is -0.228. The van der Waals surface area contributed by atoms with E-state index in [9.17, 15) is 0 Å². The maximum absolute atomic E-state index is 5.33. The fourth-order valence-electron chi connectivity index (χ4n) is 4.21. The SMILES string of the molecule is Cc1cc2c(s1)C1(S)c3sc(C)cc3C2(C)c2cc(C)sc21. The molecule has 0 radical (unpaired) electrons. The average molecular weight is 361 g/mol. The van der Waals surface area contributed by atoms with Gasteiger partial charge >= 0.3 is 0 Å². The van der Waals surface area contributed by atoms with E-state index in [0.717, 1.165) is 0 Å². The van der Waals surface area contributed by atoms with Gasteiger partial charge in [-0.1, -0.05) is 0 Å². The first-order valence-corrected chi connectivity index (χ1v) is 10.3. The number of rotatable bonds is 0. The Bertz CT molecular complexity index is 759. The minimum Gasteiger partial charge on any atom is -0.156 e. The van der Waals surface area contributed by atoms with Gasteiger partial charge < -0.3 is 0 Å². The normalized spacial score (nSPS) is 27.7. The lowest BCUT2D eigenvalue weighted by molar-refractivity contribution is 0.604. The van der Waals surface area contributed by atoms with Gasteiger partial charge in [0.05, 0.1) is 0 Å². The van der Waals surface area contributed by atoms with Crippen LogP contribution < -0.4 is 0 Å². The van der Waals surface area contributed by atoms with Crippen molar-refractivity contribution in [3.63, 3.8) is 0 Å². The molecule has 0 aromatic carbocycles. The van der Waals surface area contributed by atoms with Crippen molar-refractivity contribution in [1.82, 2.24) is 0 Å². The average Bonchev–Trinajstić information content (AvgIpc) is 3.12. The number of aryl methyl sites for hydroxylation is 3. The standard InChI is InChI=1S/C18H16S4/c1-8-5-11-14(20-8)18(19)15-12(6-9(2)21-15)17(11,4)13-7-10(3)22-16(13)18/h5-7,19H,1-4H3. The van der Waals surface area contributed by atoms with E-state index in [1.165, 1.54) is 46.0 Å². The second-order valence-electron chi connectivity index (χ2n) is 6.63. The van der Waals surface area contributed by atoms with Crippen molar-refractivity contribution in [2.45, 2.75) is 37.9 Å². The lowest BCUT2D eigenvalue weighted by atomic mass is 9.60. The van der Waals surface area contributed by atoms with Gasteiger partial charge in [0.2, 0.25) is 0 Å². The van der Waals surface area contributed by atoms with Crippen LogP contribution in [0.2, 0.25) is 0 Å². The quantitative estimate of drug-likeness (QED) is 0.467. The van der Waals surface area contributed by atoms with Gasteiger partial charge in [0.1, 0.15) is 4.75 Å². The summed E-state index contributed by atoms with van der Waals surface area (Å²) >= 11 is 11.1. The highest BCUT2D eigenvalue weighted by atomic mass is 32.1. The monoisotopic (exact) mass is 360 g/mol. The molecule has 112 valence electrons. The first-order chi connectivity index (χ1) is 10.4. The Morgan fingerprint density at radius 2 is 1.05 bits per heavy atom. The van der Waals surface area contributed by atoms with Gasteiger partial charge in [0.15, 0.2) is 0 Å². The molecule has 3 heterocycles. The summed E-state index contributed by atoms with van der Waals surface area (Å²) in [6, 6.07) is 7.20. The molecule has 22 heavy (non-hydrogen) atoms. The summed E-state index contributed by atoms with van der Waals surface area (Å²) in [5, 5.41) is 0. The highest BCUT2D eigenvalue weighted by Crippen LogP contribution is 2.68. The molecular weight excluding hydrogens is 344 g/mol. The molecule has 0 saturated heterocycles. The van der Waals surface area contributed by atoms with Gasteiger partial charge in [-0.3, -0.25) is 0 Å². The van der Waals surface area contributed by atoms with Crippen LogP contribution in [0.5, 0.6) is 0 Å². The van der Waals surface area contributed by atoms with Gasteiger partial charge in [-0.2, -0.15) is 12.6 Å². The Kier molecular flexibility index (Phi) is 2.46. The number of thiophene rings is 3. The van der Waals surface area contributed by atoms with Gasteiger partial charge in [-0.15, -0.1) is 34.0 Å². The third kappa shape index (κ3) is 1.30. The first-order valence-electron chi connectivity index (χ1n) is 7.43. The zero-order valence-corrected chi connectivity index (χ0v) is 16.2. The fraction of sp³-hybridized carbons (Fsp3) is 0.333. The minimum atomic E-state index is -0.228. The third-order valence-electron chi connectivity index (χ3n) is 5.17. The van der Waals surface area contributed by atoms with Crippen molar-refractivity contribution < 1.29 is 0 Å². The Balaban J connectivity index is 2.03. The molecule has 0 spiro atoms. The zero-order valence-electron chi connectivity index (χ0n) is 12.9. The first kappa shape index (κ1) is 13.8. The van der Waals surface area contributed by atoms with Gasteiger partial charge in [0.25, 0.3) is 0 Å². The van der Waals surface area contributed by atoms with E-state index < -0.39 is 0 Å². The summed E-state index contributed by atoms with van der Waals surface area (Å²) in [6.07, 6.45) is 0. The third-order valence-corrected chi connectivity index (χ3v) is 9.80. The van der Waals surface area contributed by atoms with E-state index in [1.807, 2.05) is 34.0 Å². The molecule has 4 heteroatoms. The molecule has 3 aliphatic carbocycles. The van der Waals surface area contributed by atoms with Gasteiger partial charge in [0, 0.05) is 34.7 Å². The van der Waals surface area contributed by atoms with E-state index in [1.54, 1.807) is 0 Å². The molecule has 0 fully saturated rings. The molecule has 2 bridgehead atoms. The lowest BCUT2D eigenvalue weighted by Gasteiger charge is -2.48. The summed E-state index contributed by atoms with van der Waals surface area (Å²) in [5.41, 5.74) is 4.46. The van der Waals surface area contributed by atoms with Crippen molar-refractivity contribution in [3.8, 4) is 0 Å². The van der Waals surface area contributed by atoms with Crippen LogP contribution in [-0.2, 0) is 10.2 Å². The highest BCUT2D eigenvalue weighted by molar-refractivity contribution is 7.82. The number of hydrogen-bond acceptors (Lipinski definition) is 4. The molecule has 3 aliphatic rings. The summed E-state index contributed by atoms with van der Waals surface area (Å²) in [4.78, 5) is 8.56.